The van der Waals surface area contributed by atoms with Gasteiger partial charge in [0.05, 0.1) is 18.1 Å². The Balaban J connectivity index is 1.94. The molecule has 1 aliphatic carbocycles. The van der Waals surface area contributed by atoms with Crippen LogP contribution in [-0.2, 0) is 11.3 Å². The first-order valence-electron chi connectivity index (χ1n) is 7.11. The van der Waals surface area contributed by atoms with Crippen molar-refractivity contribution in [2.45, 2.75) is 51.2 Å². The highest BCUT2D eigenvalue weighted by molar-refractivity contribution is 5.44. The zero-order valence-corrected chi connectivity index (χ0v) is 11.9. The second-order valence-electron chi connectivity index (χ2n) is 5.73. The molecular weight excluding hydrogens is 256 g/mol. The van der Waals surface area contributed by atoms with Crippen molar-refractivity contribution in [2.24, 2.45) is 5.73 Å². The second kappa shape index (κ2) is 6.33. The first-order valence-corrected chi connectivity index (χ1v) is 7.11. The van der Waals surface area contributed by atoms with Crippen LogP contribution in [0.3, 0.4) is 0 Å². The zero-order chi connectivity index (χ0) is 14.6. The number of nitro groups is 1. The van der Waals surface area contributed by atoms with Gasteiger partial charge in [-0.1, -0.05) is 31.4 Å². The van der Waals surface area contributed by atoms with Crippen LogP contribution in [-0.4, -0.2) is 17.1 Å². The van der Waals surface area contributed by atoms with Gasteiger partial charge in [-0.2, -0.15) is 0 Å². The number of ether oxygens (including phenoxy) is 1. The van der Waals surface area contributed by atoms with Gasteiger partial charge in [0.1, 0.15) is 0 Å². The normalized spacial score (nSPS) is 17.9. The minimum atomic E-state index is -0.357. The summed E-state index contributed by atoms with van der Waals surface area (Å²) in [7, 11) is 0. The smallest absolute Gasteiger partial charge is 0.272 e. The largest absolute Gasteiger partial charge is 0.375 e. The van der Waals surface area contributed by atoms with E-state index in [-0.39, 0.29) is 16.1 Å². The Hall–Kier alpha value is -1.46. The maximum absolute atomic E-state index is 10.9. The maximum Gasteiger partial charge on any atom is 0.272 e. The van der Waals surface area contributed by atoms with Crippen LogP contribution in [0.4, 0.5) is 5.69 Å². The number of hydrogen-bond donors (Lipinski definition) is 1. The van der Waals surface area contributed by atoms with Crippen LogP contribution in [0, 0.1) is 17.0 Å². The molecule has 0 atom stereocenters. The average molecular weight is 278 g/mol. The Morgan fingerprint density at radius 3 is 2.70 bits per heavy atom. The lowest BCUT2D eigenvalue weighted by molar-refractivity contribution is -0.385. The summed E-state index contributed by atoms with van der Waals surface area (Å²) >= 11 is 0. The molecule has 5 nitrogen and oxygen atoms in total. The molecule has 0 radical (unpaired) electrons. The van der Waals surface area contributed by atoms with Crippen molar-refractivity contribution in [2.75, 3.05) is 6.61 Å². The van der Waals surface area contributed by atoms with E-state index in [2.05, 4.69) is 0 Å². The summed E-state index contributed by atoms with van der Waals surface area (Å²) in [6.07, 6.45) is 5.58. The predicted molar refractivity (Wildman–Crippen MR) is 77.5 cm³/mol. The number of nitro benzene ring substituents is 1. The molecule has 2 rings (SSSR count). The number of nitrogens with two attached hydrogens (primary N) is 1. The number of benzene rings is 1. The Kier molecular flexibility index (Phi) is 4.73. The van der Waals surface area contributed by atoms with E-state index >= 15 is 0 Å². The van der Waals surface area contributed by atoms with Crippen molar-refractivity contribution in [3.8, 4) is 0 Å². The van der Waals surface area contributed by atoms with Crippen molar-refractivity contribution in [1.82, 2.24) is 0 Å². The summed E-state index contributed by atoms with van der Waals surface area (Å²) in [4.78, 5) is 10.5. The zero-order valence-electron chi connectivity index (χ0n) is 11.9. The Morgan fingerprint density at radius 2 is 2.05 bits per heavy atom. The fourth-order valence-electron chi connectivity index (χ4n) is 2.79. The summed E-state index contributed by atoms with van der Waals surface area (Å²) in [5.41, 5.74) is 7.77. The van der Waals surface area contributed by atoms with E-state index in [0.717, 1.165) is 31.2 Å². The monoisotopic (exact) mass is 278 g/mol. The van der Waals surface area contributed by atoms with Crippen molar-refractivity contribution in [1.29, 1.82) is 0 Å². The highest BCUT2D eigenvalue weighted by Crippen LogP contribution is 2.27. The molecule has 110 valence electrons. The quantitative estimate of drug-likeness (QED) is 0.663. The van der Waals surface area contributed by atoms with Gasteiger partial charge < -0.3 is 10.5 Å². The molecule has 1 saturated carbocycles. The molecule has 0 aromatic heterocycles. The topological polar surface area (TPSA) is 78.4 Å². The highest BCUT2D eigenvalue weighted by atomic mass is 16.6. The third kappa shape index (κ3) is 3.55. The summed E-state index contributed by atoms with van der Waals surface area (Å²) in [5.74, 6) is 0. The first-order chi connectivity index (χ1) is 9.52. The highest BCUT2D eigenvalue weighted by Gasteiger charge is 2.27. The van der Waals surface area contributed by atoms with Crippen LogP contribution in [0.25, 0.3) is 0 Å². The van der Waals surface area contributed by atoms with Gasteiger partial charge >= 0.3 is 0 Å². The summed E-state index contributed by atoms with van der Waals surface area (Å²) in [6.45, 7) is 2.66. The van der Waals surface area contributed by atoms with E-state index in [1.807, 2.05) is 6.07 Å². The van der Waals surface area contributed by atoms with E-state index < -0.39 is 0 Å². The lowest BCUT2D eigenvalue weighted by Crippen LogP contribution is -2.46. The molecule has 0 amide bonds. The van der Waals surface area contributed by atoms with E-state index in [9.17, 15) is 10.1 Å². The van der Waals surface area contributed by atoms with Gasteiger partial charge in [0.25, 0.3) is 5.69 Å². The van der Waals surface area contributed by atoms with Gasteiger partial charge in [-0.3, -0.25) is 10.1 Å². The fraction of sp³-hybridized carbons (Fsp3) is 0.600. The minimum Gasteiger partial charge on any atom is -0.375 e. The summed E-state index contributed by atoms with van der Waals surface area (Å²) in [5, 5.41) is 10.9. The molecular formula is C15H22N2O3. The molecule has 1 aromatic carbocycles. The lowest BCUT2D eigenvalue weighted by Gasteiger charge is -2.33. The molecule has 0 saturated heterocycles. The van der Waals surface area contributed by atoms with Gasteiger partial charge in [-0.05, 0) is 25.3 Å². The molecule has 0 aliphatic heterocycles. The van der Waals surface area contributed by atoms with Gasteiger partial charge in [0.2, 0.25) is 0 Å². The third-order valence-electron chi connectivity index (χ3n) is 4.11. The predicted octanol–water partition coefficient (Wildman–Crippen LogP) is 3.08. The Bertz CT molecular complexity index is 482. The number of nitrogens with zero attached hydrogens (tertiary/aromatic N) is 1. The molecule has 1 aromatic rings. The van der Waals surface area contributed by atoms with Crippen molar-refractivity contribution in [3.63, 3.8) is 0 Å². The van der Waals surface area contributed by atoms with Gasteiger partial charge in [0, 0.05) is 17.2 Å². The van der Waals surface area contributed by atoms with E-state index in [1.165, 1.54) is 12.5 Å². The molecule has 2 N–H and O–H groups in total. The van der Waals surface area contributed by atoms with E-state index in [4.69, 9.17) is 10.5 Å². The minimum absolute atomic E-state index is 0.145. The van der Waals surface area contributed by atoms with Crippen LogP contribution < -0.4 is 5.73 Å². The molecule has 0 spiro atoms. The van der Waals surface area contributed by atoms with Gasteiger partial charge in [-0.25, -0.2) is 0 Å². The molecule has 0 heterocycles. The van der Waals surface area contributed by atoms with Crippen LogP contribution >= 0.6 is 0 Å². The molecule has 0 bridgehead atoms. The molecule has 1 fully saturated rings. The molecule has 5 heteroatoms. The van der Waals surface area contributed by atoms with E-state index in [1.54, 1.807) is 13.0 Å². The third-order valence-corrected chi connectivity index (χ3v) is 4.11. The molecule has 20 heavy (non-hydrogen) atoms. The van der Waals surface area contributed by atoms with Gasteiger partial charge in [-0.15, -0.1) is 0 Å². The van der Waals surface area contributed by atoms with Crippen LogP contribution in [0.1, 0.15) is 43.2 Å². The standard InChI is InChI=1S/C15H22N2O3/c1-12-13(6-5-7-14(12)17(18)19)10-20-11-15(16)8-3-2-4-9-15/h5-7H,2-4,8-11,16H2,1H3. The maximum atomic E-state index is 10.9. The Morgan fingerprint density at radius 1 is 1.35 bits per heavy atom. The van der Waals surface area contributed by atoms with Crippen molar-refractivity contribution >= 4 is 5.69 Å². The van der Waals surface area contributed by atoms with Crippen LogP contribution in [0.15, 0.2) is 18.2 Å². The lowest BCUT2D eigenvalue weighted by atomic mass is 9.83. The molecule has 1 aliphatic rings. The fourth-order valence-corrected chi connectivity index (χ4v) is 2.79. The SMILES string of the molecule is Cc1c(COCC2(N)CCCCC2)cccc1[N+](=O)[O-]. The Labute approximate surface area is 119 Å². The van der Waals surface area contributed by atoms with Crippen molar-refractivity contribution in [3.05, 3.63) is 39.4 Å². The summed E-state index contributed by atoms with van der Waals surface area (Å²) in [6, 6.07) is 5.08. The number of hydrogen-bond acceptors (Lipinski definition) is 4. The first kappa shape index (κ1) is 14.9. The van der Waals surface area contributed by atoms with Crippen molar-refractivity contribution < 1.29 is 9.66 Å². The van der Waals surface area contributed by atoms with Gasteiger partial charge in [0.15, 0.2) is 0 Å². The molecule has 0 unspecified atom stereocenters. The van der Waals surface area contributed by atoms with E-state index in [0.29, 0.717) is 18.8 Å². The second-order valence-corrected chi connectivity index (χ2v) is 5.73. The number of rotatable bonds is 5. The van der Waals surface area contributed by atoms with Crippen LogP contribution in [0.5, 0.6) is 0 Å². The van der Waals surface area contributed by atoms with Crippen LogP contribution in [0.2, 0.25) is 0 Å². The average Bonchev–Trinajstić information content (AvgIpc) is 2.41. The summed E-state index contributed by atoms with van der Waals surface area (Å²) < 4.78 is 5.73.